The standard InChI is InChI=1S/C12H25N/c1-5-11(9(2)3)12-6-7-13-8-10(12)4/h9-13H,5-8H2,1-4H3. The van der Waals surface area contributed by atoms with Gasteiger partial charge in [-0.3, -0.25) is 0 Å². The van der Waals surface area contributed by atoms with Crippen LogP contribution >= 0.6 is 0 Å². The molecular formula is C12H25N. The fraction of sp³-hybridized carbons (Fsp3) is 1.00. The van der Waals surface area contributed by atoms with Gasteiger partial charge < -0.3 is 5.32 Å². The van der Waals surface area contributed by atoms with E-state index in [0.29, 0.717) is 0 Å². The number of hydrogen-bond acceptors (Lipinski definition) is 1. The van der Waals surface area contributed by atoms with Crippen molar-refractivity contribution < 1.29 is 0 Å². The zero-order chi connectivity index (χ0) is 9.84. The molecule has 0 aromatic heterocycles. The van der Waals surface area contributed by atoms with Gasteiger partial charge in [-0.15, -0.1) is 0 Å². The van der Waals surface area contributed by atoms with E-state index in [4.69, 9.17) is 0 Å². The molecule has 0 aromatic carbocycles. The van der Waals surface area contributed by atoms with E-state index in [9.17, 15) is 0 Å². The van der Waals surface area contributed by atoms with Crippen LogP contribution < -0.4 is 5.32 Å². The summed E-state index contributed by atoms with van der Waals surface area (Å²) < 4.78 is 0. The van der Waals surface area contributed by atoms with Crippen molar-refractivity contribution in [3.8, 4) is 0 Å². The summed E-state index contributed by atoms with van der Waals surface area (Å²) in [5, 5.41) is 3.48. The Morgan fingerprint density at radius 2 is 2.08 bits per heavy atom. The van der Waals surface area contributed by atoms with E-state index in [1.165, 1.54) is 25.9 Å². The molecule has 1 fully saturated rings. The van der Waals surface area contributed by atoms with Crippen LogP contribution in [0.1, 0.15) is 40.5 Å². The summed E-state index contributed by atoms with van der Waals surface area (Å²) in [7, 11) is 0. The normalized spacial score (nSPS) is 32.1. The summed E-state index contributed by atoms with van der Waals surface area (Å²) in [6, 6.07) is 0. The molecule has 0 saturated carbocycles. The van der Waals surface area contributed by atoms with Gasteiger partial charge in [0.25, 0.3) is 0 Å². The Balaban J connectivity index is 2.55. The van der Waals surface area contributed by atoms with Crippen LogP contribution in [0.2, 0.25) is 0 Å². The van der Waals surface area contributed by atoms with E-state index in [1.807, 2.05) is 0 Å². The van der Waals surface area contributed by atoms with Crippen molar-refractivity contribution >= 4 is 0 Å². The highest BCUT2D eigenvalue weighted by Crippen LogP contribution is 2.33. The summed E-state index contributed by atoms with van der Waals surface area (Å²) in [5.74, 6) is 3.64. The molecule has 13 heavy (non-hydrogen) atoms. The minimum absolute atomic E-state index is 0.857. The lowest BCUT2D eigenvalue weighted by Crippen LogP contribution is -2.39. The maximum absolute atomic E-state index is 3.48. The summed E-state index contributed by atoms with van der Waals surface area (Å²) in [6.07, 6.45) is 2.74. The third-order valence-electron chi connectivity index (χ3n) is 3.73. The molecule has 1 heteroatoms. The molecule has 0 aliphatic carbocycles. The Hall–Kier alpha value is -0.0400. The highest BCUT2D eigenvalue weighted by Gasteiger charge is 2.29. The molecule has 0 bridgehead atoms. The fourth-order valence-electron chi connectivity index (χ4n) is 2.94. The van der Waals surface area contributed by atoms with E-state index in [-0.39, 0.29) is 0 Å². The molecule has 1 rings (SSSR count). The van der Waals surface area contributed by atoms with Gasteiger partial charge in [-0.25, -0.2) is 0 Å². The average Bonchev–Trinajstić information content (AvgIpc) is 2.09. The number of piperidine rings is 1. The lowest BCUT2D eigenvalue weighted by molar-refractivity contribution is 0.144. The van der Waals surface area contributed by atoms with Gasteiger partial charge in [0.05, 0.1) is 0 Å². The van der Waals surface area contributed by atoms with Crippen LogP contribution in [-0.4, -0.2) is 13.1 Å². The molecule has 78 valence electrons. The first kappa shape index (κ1) is 11.0. The monoisotopic (exact) mass is 183 g/mol. The zero-order valence-corrected chi connectivity index (χ0v) is 9.64. The fourth-order valence-corrected chi connectivity index (χ4v) is 2.94. The third-order valence-corrected chi connectivity index (χ3v) is 3.73. The SMILES string of the molecule is CCC(C(C)C)C1CCNCC1C. The van der Waals surface area contributed by atoms with Gasteiger partial charge in [-0.2, -0.15) is 0 Å². The van der Waals surface area contributed by atoms with E-state index in [2.05, 4.69) is 33.0 Å². The van der Waals surface area contributed by atoms with Gasteiger partial charge in [-0.05, 0) is 43.2 Å². The first-order valence-electron chi connectivity index (χ1n) is 5.87. The van der Waals surface area contributed by atoms with Gasteiger partial charge in [0, 0.05) is 0 Å². The zero-order valence-electron chi connectivity index (χ0n) is 9.64. The van der Waals surface area contributed by atoms with Crippen molar-refractivity contribution in [2.24, 2.45) is 23.7 Å². The molecular weight excluding hydrogens is 158 g/mol. The van der Waals surface area contributed by atoms with Crippen molar-refractivity contribution in [1.29, 1.82) is 0 Å². The van der Waals surface area contributed by atoms with E-state index in [0.717, 1.165) is 23.7 Å². The Morgan fingerprint density at radius 3 is 2.54 bits per heavy atom. The van der Waals surface area contributed by atoms with Crippen molar-refractivity contribution in [2.75, 3.05) is 13.1 Å². The predicted molar refractivity (Wildman–Crippen MR) is 58.8 cm³/mol. The van der Waals surface area contributed by atoms with E-state index in [1.54, 1.807) is 0 Å². The Bertz CT molecular complexity index is 142. The topological polar surface area (TPSA) is 12.0 Å². The van der Waals surface area contributed by atoms with Crippen molar-refractivity contribution in [3.63, 3.8) is 0 Å². The number of nitrogens with one attached hydrogen (secondary N) is 1. The third kappa shape index (κ3) is 2.70. The molecule has 1 heterocycles. The molecule has 0 radical (unpaired) electrons. The second-order valence-electron chi connectivity index (χ2n) is 4.95. The van der Waals surface area contributed by atoms with Crippen LogP contribution in [0.4, 0.5) is 0 Å². The number of rotatable bonds is 3. The maximum Gasteiger partial charge on any atom is -0.00204 e. The first-order chi connectivity index (χ1) is 6.16. The molecule has 3 atom stereocenters. The molecule has 0 aromatic rings. The molecule has 1 saturated heterocycles. The van der Waals surface area contributed by atoms with E-state index < -0.39 is 0 Å². The van der Waals surface area contributed by atoms with Crippen molar-refractivity contribution in [3.05, 3.63) is 0 Å². The Kier molecular flexibility index (Phi) is 4.24. The van der Waals surface area contributed by atoms with Crippen LogP contribution in [0.25, 0.3) is 0 Å². The first-order valence-corrected chi connectivity index (χ1v) is 5.87. The molecule has 0 amide bonds. The van der Waals surface area contributed by atoms with Crippen LogP contribution in [0, 0.1) is 23.7 Å². The minimum atomic E-state index is 0.857. The Labute approximate surface area is 83.3 Å². The molecule has 1 nitrogen and oxygen atoms in total. The lowest BCUT2D eigenvalue weighted by Gasteiger charge is -2.37. The molecule has 1 aliphatic rings. The average molecular weight is 183 g/mol. The summed E-state index contributed by atoms with van der Waals surface area (Å²) in [6.45, 7) is 12.0. The largest absolute Gasteiger partial charge is 0.316 e. The summed E-state index contributed by atoms with van der Waals surface area (Å²) in [4.78, 5) is 0. The Morgan fingerprint density at radius 1 is 1.38 bits per heavy atom. The van der Waals surface area contributed by atoms with Gasteiger partial charge in [0.2, 0.25) is 0 Å². The van der Waals surface area contributed by atoms with Gasteiger partial charge in [0.1, 0.15) is 0 Å². The maximum atomic E-state index is 3.48. The molecule has 3 unspecified atom stereocenters. The lowest BCUT2D eigenvalue weighted by atomic mass is 9.72. The second kappa shape index (κ2) is 4.99. The highest BCUT2D eigenvalue weighted by molar-refractivity contribution is 4.81. The number of hydrogen-bond donors (Lipinski definition) is 1. The van der Waals surface area contributed by atoms with Gasteiger partial charge in [0.15, 0.2) is 0 Å². The van der Waals surface area contributed by atoms with Crippen LogP contribution in [0.15, 0.2) is 0 Å². The van der Waals surface area contributed by atoms with E-state index >= 15 is 0 Å². The second-order valence-corrected chi connectivity index (χ2v) is 4.95. The van der Waals surface area contributed by atoms with Crippen molar-refractivity contribution in [2.45, 2.75) is 40.5 Å². The van der Waals surface area contributed by atoms with Crippen LogP contribution in [0.5, 0.6) is 0 Å². The molecule has 0 spiro atoms. The summed E-state index contributed by atoms with van der Waals surface area (Å²) >= 11 is 0. The van der Waals surface area contributed by atoms with Crippen LogP contribution in [-0.2, 0) is 0 Å². The molecule has 1 N–H and O–H groups in total. The van der Waals surface area contributed by atoms with Crippen molar-refractivity contribution in [1.82, 2.24) is 5.32 Å². The predicted octanol–water partition coefficient (Wildman–Crippen LogP) is 2.91. The van der Waals surface area contributed by atoms with Gasteiger partial charge >= 0.3 is 0 Å². The van der Waals surface area contributed by atoms with Crippen LogP contribution in [0.3, 0.4) is 0 Å². The summed E-state index contributed by atoms with van der Waals surface area (Å²) in [5.41, 5.74) is 0. The highest BCUT2D eigenvalue weighted by atomic mass is 14.9. The van der Waals surface area contributed by atoms with Gasteiger partial charge in [-0.1, -0.05) is 34.1 Å². The molecule has 1 aliphatic heterocycles. The minimum Gasteiger partial charge on any atom is -0.316 e. The quantitative estimate of drug-likeness (QED) is 0.709. The smallest absolute Gasteiger partial charge is 0.00204 e.